The smallest absolute Gasteiger partial charge is 0.338 e. The molecule has 0 bridgehead atoms. The maximum Gasteiger partial charge on any atom is 0.338 e. The predicted molar refractivity (Wildman–Crippen MR) is 81.6 cm³/mol. The largest absolute Gasteiger partial charge is 0.478 e. The van der Waals surface area contributed by atoms with E-state index < -0.39 is 5.97 Å². The Morgan fingerprint density at radius 2 is 2.25 bits per heavy atom. The molecule has 2 atom stereocenters. The standard InChI is InChI=1S/C15H21NO3S/c1-2-20-13-8-4-6-11(14(13)15(18)19)16-9-10-5-3-7-12(10)17/h4,6,8,10,12,16-17H,2-3,5,7,9H2,1H3,(H,18,19). The number of rotatable bonds is 6. The fourth-order valence-corrected chi connectivity index (χ4v) is 3.50. The molecule has 2 rings (SSSR count). The molecule has 0 radical (unpaired) electrons. The van der Waals surface area contributed by atoms with Crippen LogP contribution in [0.5, 0.6) is 0 Å². The van der Waals surface area contributed by atoms with Crippen molar-refractivity contribution >= 4 is 23.4 Å². The maximum atomic E-state index is 11.5. The predicted octanol–water partition coefficient (Wildman–Crippen LogP) is 3.07. The number of carboxylic acid groups (broad SMARTS) is 1. The third kappa shape index (κ3) is 3.46. The molecule has 0 amide bonds. The van der Waals surface area contributed by atoms with Crippen LogP contribution in [0.25, 0.3) is 0 Å². The number of benzene rings is 1. The van der Waals surface area contributed by atoms with Gasteiger partial charge in [0.05, 0.1) is 11.7 Å². The minimum Gasteiger partial charge on any atom is -0.478 e. The maximum absolute atomic E-state index is 11.5. The molecular weight excluding hydrogens is 274 g/mol. The zero-order chi connectivity index (χ0) is 14.5. The van der Waals surface area contributed by atoms with Crippen molar-refractivity contribution in [1.29, 1.82) is 0 Å². The molecule has 4 nitrogen and oxygen atoms in total. The Morgan fingerprint density at radius 1 is 1.45 bits per heavy atom. The number of thioether (sulfide) groups is 1. The number of hydrogen-bond acceptors (Lipinski definition) is 4. The molecule has 3 N–H and O–H groups in total. The molecule has 0 saturated heterocycles. The average molecular weight is 295 g/mol. The number of carbonyl (C=O) groups is 1. The third-order valence-corrected chi connectivity index (χ3v) is 4.65. The minimum absolute atomic E-state index is 0.221. The van der Waals surface area contributed by atoms with Gasteiger partial charge in [0.2, 0.25) is 0 Å². The van der Waals surface area contributed by atoms with Crippen LogP contribution in [0.3, 0.4) is 0 Å². The summed E-state index contributed by atoms with van der Waals surface area (Å²) in [6, 6.07) is 5.51. The van der Waals surface area contributed by atoms with E-state index in [1.54, 1.807) is 6.07 Å². The highest BCUT2D eigenvalue weighted by Gasteiger charge is 2.25. The van der Waals surface area contributed by atoms with Gasteiger partial charge < -0.3 is 15.5 Å². The van der Waals surface area contributed by atoms with Crippen molar-refractivity contribution in [2.45, 2.75) is 37.2 Å². The van der Waals surface area contributed by atoms with Gasteiger partial charge in [-0.05, 0) is 30.7 Å². The highest BCUT2D eigenvalue weighted by Crippen LogP contribution is 2.30. The third-order valence-electron chi connectivity index (χ3n) is 3.71. The van der Waals surface area contributed by atoms with Crippen molar-refractivity contribution in [2.24, 2.45) is 5.92 Å². The van der Waals surface area contributed by atoms with E-state index in [-0.39, 0.29) is 12.0 Å². The van der Waals surface area contributed by atoms with Gasteiger partial charge in [0, 0.05) is 23.0 Å². The van der Waals surface area contributed by atoms with E-state index in [0.717, 1.165) is 29.9 Å². The van der Waals surface area contributed by atoms with Crippen LogP contribution in [-0.2, 0) is 0 Å². The van der Waals surface area contributed by atoms with Crippen LogP contribution in [0.4, 0.5) is 5.69 Å². The van der Waals surface area contributed by atoms with Crippen molar-refractivity contribution in [2.75, 3.05) is 17.6 Å². The molecular formula is C15H21NO3S. The quantitative estimate of drug-likeness (QED) is 0.704. The summed E-state index contributed by atoms with van der Waals surface area (Å²) in [6.07, 6.45) is 2.64. The monoisotopic (exact) mass is 295 g/mol. The number of aliphatic hydroxyl groups excluding tert-OH is 1. The fourth-order valence-electron chi connectivity index (χ4n) is 2.67. The first-order valence-electron chi connectivity index (χ1n) is 7.04. The molecule has 0 aliphatic heterocycles. The fraction of sp³-hybridized carbons (Fsp3) is 0.533. The van der Waals surface area contributed by atoms with Crippen molar-refractivity contribution in [3.63, 3.8) is 0 Å². The van der Waals surface area contributed by atoms with Gasteiger partial charge in [-0.2, -0.15) is 0 Å². The molecule has 0 aromatic heterocycles. The Hall–Kier alpha value is -1.20. The molecule has 1 fully saturated rings. The normalized spacial score (nSPS) is 21.9. The molecule has 1 aromatic rings. The summed E-state index contributed by atoms with van der Waals surface area (Å²) in [5, 5.41) is 22.4. The highest BCUT2D eigenvalue weighted by molar-refractivity contribution is 7.99. The topological polar surface area (TPSA) is 69.6 Å². The number of hydrogen-bond donors (Lipinski definition) is 3. The van der Waals surface area contributed by atoms with Gasteiger partial charge in [0.15, 0.2) is 0 Å². The molecule has 20 heavy (non-hydrogen) atoms. The Bertz CT molecular complexity index is 478. The van der Waals surface area contributed by atoms with Crippen molar-refractivity contribution < 1.29 is 15.0 Å². The molecule has 1 aliphatic carbocycles. The summed E-state index contributed by atoms with van der Waals surface area (Å²) >= 11 is 1.53. The van der Waals surface area contributed by atoms with Crippen LogP contribution < -0.4 is 5.32 Å². The van der Waals surface area contributed by atoms with Crippen LogP contribution >= 0.6 is 11.8 Å². The van der Waals surface area contributed by atoms with E-state index in [1.165, 1.54) is 11.8 Å². The average Bonchev–Trinajstić information content (AvgIpc) is 2.82. The van der Waals surface area contributed by atoms with E-state index in [2.05, 4.69) is 5.32 Å². The summed E-state index contributed by atoms with van der Waals surface area (Å²) in [7, 11) is 0. The van der Waals surface area contributed by atoms with Gasteiger partial charge in [-0.1, -0.05) is 19.4 Å². The first-order chi connectivity index (χ1) is 9.63. The second-order valence-corrected chi connectivity index (χ2v) is 6.36. The van der Waals surface area contributed by atoms with Gasteiger partial charge in [-0.3, -0.25) is 0 Å². The second-order valence-electron chi connectivity index (χ2n) is 5.06. The van der Waals surface area contributed by atoms with Crippen LogP contribution in [-0.4, -0.2) is 34.6 Å². The lowest BCUT2D eigenvalue weighted by Gasteiger charge is -2.18. The zero-order valence-electron chi connectivity index (χ0n) is 11.6. The summed E-state index contributed by atoms with van der Waals surface area (Å²) in [5.74, 6) is 0.153. The molecule has 0 spiro atoms. The highest BCUT2D eigenvalue weighted by atomic mass is 32.2. The van der Waals surface area contributed by atoms with E-state index in [4.69, 9.17) is 0 Å². The lowest BCUT2D eigenvalue weighted by atomic mass is 10.1. The number of aliphatic hydroxyl groups is 1. The molecule has 2 unspecified atom stereocenters. The molecule has 110 valence electrons. The lowest BCUT2D eigenvalue weighted by molar-refractivity contribution is 0.0694. The Labute approximate surface area is 123 Å². The van der Waals surface area contributed by atoms with Crippen molar-refractivity contribution in [1.82, 2.24) is 0 Å². The summed E-state index contributed by atoms with van der Waals surface area (Å²) in [6.45, 7) is 2.63. The van der Waals surface area contributed by atoms with Crippen LogP contribution in [0, 0.1) is 5.92 Å². The lowest BCUT2D eigenvalue weighted by Crippen LogP contribution is -2.22. The van der Waals surface area contributed by atoms with Crippen LogP contribution in [0.1, 0.15) is 36.5 Å². The van der Waals surface area contributed by atoms with Crippen molar-refractivity contribution in [3.8, 4) is 0 Å². The molecule has 5 heteroatoms. The SMILES string of the molecule is CCSc1cccc(NCC2CCCC2O)c1C(=O)O. The summed E-state index contributed by atoms with van der Waals surface area (Å²) < 4.78 is 0. The first kappa shape index (κ1) is 15.2. The first-order valence-corrected chi connectivity index (χ1v) is 8.03. The van der Waals surface area contributed by atoms with E-state index >= 15 is 0 Å². The van der Waals surface area contributed by atoms with Gasteiger partial charge in [0.1, 0.15) is 0 Å². The minimum atomic E-state index is -0.906. The number of nitrogens with one attached hydrogen (secondary N) is 1. The van der Waals surface area contributed by atoms with E-state index in [1.807, 2.05) is 19.1 Å². The Balaban J connectivity index is 2.13. The number of carboxylic acids is 1. The summed E-state index contributed by atoms with van der Waals surface area (Å²) in [5.41, 5.74) is 0.988. The molecule has 0 heterocycles. The van der Waals surface area contributed by atoms with Gasteiger partial charge >= 0.3 is 5.97 Å². The summed E-state index contributed by atoms with van der Waals surface area (Å²) in [4.78, 5) is 12.3. The number of anilines is 1. The number of aromatic carboxylic acids is 1. The molecule has 1 saturated carbocycles. The van der Waals surface area contributed by atoms with E-state index in [0.29, 0.717) is 17.8 Å². The molecule has 1 aromatic carbocycles. The van der Waals surface area contributed by atoms with Gasteiger partial charge in [-0.15, -0.1) is 11.8 Å². The van der Waals surface area contributed by atoms with E-state index in [9.17, 15) is 15.0 Å². The Kier molecular flexibility index (Phi) is 5.31. The zero-order valence-corrected chi connectivity index (χ0v) is 12.4. The second kappa shape index (κ2) is 6.99. The van der Waals surface area contributed by atoms with Crippen molar-refractivity contribution in [3.05, 3.63) is 23.8 Å². The van der Waals surface area contributed by atoms with Crippen LogP contribution in [0.15, 0.2) is 23.1 Å². The van der Waals surface area contributed by atoms with Crippen LogP contribution in [0.2, 0.25) is 0 Å². The molecule has 1 aliphatic rings. The van der Waals surface area contributed by atoms with Gasteiger partial charge in [-0.25, -0.2) is 4.79 Å². The Morgan fingerprint density at radius 3 is 2.85 bits per heavy atom. The van der Waals surface area contributed by atoms with Gasteiger partial charge in [0.25, 0.3) is 0 Å².